The average Bonchev–Trinajstić information content (AvgIpc) is 3.12. The molecule has 0 fully saturated rings. The smallest absolute Gasteiger partial charge is 0.251 e. The molecule has 1 aromatic carbocycles. The lowest BCUT2D eigenvalue weighted by molar-refractivity contribution is 0.0932. The minimum absolute atomic E-state index is 0.0156. The zero-order valence-corrected chi connectivity index (χ0v) is 13.3. The van der Waals surface area contributed by atoms with Crippen LogP contribution in [0.25, 0.3) is 0 Å². The Hall–Kier alpha value is -1.88. The predicted octanol–water partition coefficient (Wildman–Crippen LogP) is 3.19. The molecule has 5 heteroatoms. The fraction of sp³-hybridized carbons (Fsp3) is 0.412. The van der Waals surface area contributed by atoms with E-state index in [-0.39, 0.29) is 11.9 Å². The molecule has 0 saturated carbocycles. The number of hydrogen-bond acceptors (Lipinski definition) is 4. The Kier molecular flexibility index (Phi) is 3.37. The highest BCUT2D eigenvalue weighted by Crippen LogP contribution is 2.33. The summed E-state index contributed by atoms with van der Waals surface area (Å²) in [5, 5.41) is 4.24. The number of aryl methyl sites for hydroxylation is 2. The van der Waals surface area contributed by atoms with E-state index < -0.39 is 0 Å². The summed E-state index contributed by atoms with van der Waals surface area (Å²) in [5.74, 6) is 0.893. The Bertz CT molecular complexity index is 738. The van der Waals surface area contributed by atoms with E-state index in [4.69, 9.17) is 4.74 Å². The first-order valence-corrected chi connectivity index (χ1v) is 8.55. The van der Waals surface area contributed by atoms with Gasteiger partial charge in [0.2, 0.25) is 0 Å². The van der Waals surface area contributed by atoms with Crippen LogP contribution >= 0.6 is 11.3 Å². The van der Waals surface area contributed by atoms with Gasteiger partial charge in [-0.3, -0.25) is 4.79 Å². The molecule has 0 spiro atoms. The number of ether oxygens (including phenoxy) is 1. The maximum Gasteiger partial charge on any atom is 0.251 e. The van der Waals surface area contributed by atoms with E-state index in [0.29, 0.717) is 12.2 Å². The lowest BCUT2D eigenvalue weighted by atomic mass is 9.97. The number of benzene rings is 1. The van der Waals surface area contributed by atoms with Crippen LogP contribution in [-0.2, 0) is 12.8 Å². The molecule has 1 amide bonds. The molecule has 22 heavy (non-hydrogen) atoms. The van der Waals surface area contributed by atoms with Crippen molar-refractivity contribution in [2.75, 3.05) is 6.61 Å². The van der Waals surface area contributed by atoms with Crippen LogP contribution in [0, 0.1) is 6.92 Å². The van der Waals surface area contributed by atoms with Crippen LogP contribution in [0.3, 0.4) is 0 Å². The second-order valence-electron chi connectivity index (χ2n) is 5.88. The molecule has 2 aromatic rings. The van der Waals surface area contributed by atoms with Gasteiger partial charge in [0.15, 0.2) is 0 Å². The van der Waals surface area contributed by atoms with Gasteiger partial charge in [-0.2, -0.15) is 0 Å². The second-order valence-corrected chi connectivity index (χ2v) is 7.17. The molecule has 0 bridgehead atoms. The van der Waals surface area contributed by atoms with Gasteiger partial charge < -0.3 is 10.1 Å². The number of nitrogens with zero attached hydrogens (tertiary/aromatic N) is 1. The molecule has 1 atom stereocenters. The molecular weight excluding hydrogens is 296 g/mol. The summed E-state index contributed by atoms with van der Waals surface area (Å²) in [7, 11) is 0. The second kappa shape index (κ2) is 5.39. The van der Waals surface area contributed by atoms with E-state index in [0.717, 1.165) is 47.7 Å². The number of thiazole rings is 1. The minimum Gasteiger partial charge on any atom is -0.493 e. The number of aromatic nitrogens is 1. The molecule has 0 radical (unpaired) electrons. The van der Waals surface area contributed by atoms with Gasteiger partial charge in [-0.05, 0) is 49.9 Å². The highest BCUT2D eigenvalue weighted by atomic mass is 32.1. The van der Waals surface area contributed by atoms with Crippen molar-refractivity contribution in [3.8, 4) is 5.75 Å². The van der Waals surface area contributed by atoms with Crippen molar-refractivity contribution in [3.05, 3.63) is 44.9 Å². The van der Waals surface area contributed by atoms with Crippen molar-refractivity contribution in [3.63, 3.8) is 0 Å². The first-order chi connectivity index (χ1) is 10.7. The van der Waals surface area contributed by atoms with Crippen LogP contribution in [0.4, 0.5) is 0 Å². The van der Waals surface area contributed by atoms with Gasteiger partial charge >= 0.3 is 0 Å². The van der Waals surface area contributed by atoms with Crippen molar-refractivity contribution < 1.29 is 9.53 Å². The third-order valence-electron chi connectivity index (χ3n) is 4.32. The fourth-order valence-corrected chi connectivity index (χ4v) is 4.29. The van der Waals surface area contributed by atoms with Gasteiger partial charge in [0, 0.05) is 16.9 Å². The van der Waals surface area contributed by atoms with E-state index in [1.165, 1.54) is 4.88 Å². The van der Waals surface area contributed by atoms with E-state index in [9.17, 15) is 4.79 Å². The van der Waals surface area contributed by atoms with Crippen LogP contribution in [0.1, 0.15) is 50.4 Å². The summed E-state index contributed by atoms with van der Waals surface area (Å²) in [5.41, 5.74) is 2.91. The molecule has 2 heterocycles. The summed E-state index contributed by atoms with van der Waals surface area (Å²) in [4.78, 5) is 18.5. The number of amides is 1. The standard InChI is InChI=1S/C17H18N2O2S/c1-10-18-16-13(3-2-4-15(16)22-10)19-17(20)12-5-6-14-11(9-12)7-8-21-14/h5-6,9,13H,2-4,7-8H2,1H3,(H,19,20). The Morgan fingerprint density at radius 1 is 1.41 bits per heavy atom. The molecular formula is C17H18N2O2S. The number of rotatable bonds is 2. The zero-order chi connectivity index (χ0) is 15.1. The van der Waals surface area contributed by atoms with Gasteiger partial charge in [0.05, 0.1) is 23.4 Å². The molecule has 1 aliphatic carbocycles. The third kappa shape index (κ3) is 2.39. The molecule has 1 N–H and O–H groups in total. The highest BCUT2D eigenvalue weighted by molar-refractivity contribution is 7.11. The molecule has 114 valence electrons. The highest BCUT2D eigenvalue weighted by Gasteiger charge is 2.26. The van der Waals surface area contributed by atoms with Crippen molar-refractivity contribution >= 4 is 17.2 Å². The number of hydrogen-bond donors (Lipinski definition) is 1. The summed E-state index contributed by atoms with van der Waals surface area (Å²) < 4.78 is 5.49. The molecule has 4 rings (SSSR count). The molecule has 2 aliphatic rings. The number of carbonyl (C=O) groups is 1. The van der Waals surface area contributed by atoms with Crippen molar-refractivity contribution in [1.29, 1.82) is 0 Å². The predicted molar refractivity (Wildman–Crippen MR) is 85.6 cm³/mol. The summed E-state index contributed by atoms with van der Waals surface area (Å²) in [6.45, 7) is 2.74. The normalized spacial score (nSPS) is 19.2. The Labute approximate surface area is 133 Å². The SMILES string of the molecule is Cc1nc2c(s1)CCCC2NC(=O)c1ccc2c(c1)CCO2. The monoisotopic (exact) mass is 314 g/mol. The first-order valence-electron chi connectivity index (χ1n) is 7.73. The molecule has 1 aromatic heterocycles. The molecule has 1 aliphatic heterocycles. The summed E-state index contributed by atoms with van der Waals surface area (Å²) in [6.07, 6.45) is 4.05. The number of fused-ring (bicyclic) bond motifs is 2. The van der Waals surface area contributed by atoms with Crippen LogP contribution in [0.5, 0.6) is 5.75 Å². The zero-order valence-electron chi connectivity index (χ0n) is 12.5. The van der Waals surface area contributed by atoms with Gasteiger partial charge in [-0.1, -0.05) is 0 Å². The molecule has 0 saturated heterocycles. The van der Waals surface area contributed by atoms with Crippen LogP contribution in [0.15, 0.2) is 18.2 Å². The summed E-state index contributed by atoms with van der Waals surface area (Å²) >= 11 is 1.75. The Balaban J connectivity index is 1.55. The average molecular weight is 314 g/mol. The maximum absolute atomic E-state index is 12.6. The fourth-order valence-electron chi connectivity index (χ4n) is 3.25. The minimum atomic E-state index is -0.0156. The Morgan fingerprint density at radius 2 is 2.32 bits per heavy atom. The van der Waals surface area contributed by atoms with E-state index in [1.54, 1.807) is 11.3 Å². The van der Waals surface area contributed by atoms with Gasteiger partial charge in [-0.25, -0.2) is 4.98 Å². The van der Waals surface area contributed by atoms with E-state index in [2.05, 4.69) is 10.3 Å². The Morgan fingerprint density at radius 3 is 3.23 bits per heavy atom. The van der Waals surface area contributed by atoms with E-state index in [1.807, 2.05) is 25.1 Å². The number of nitrogens with one attached hydrogen (secondary N) is 1. The number of carbonyl (C=O) groups excluding carboxylic acids is 1. The molecule has 1 unspecified atom stereocenters. The summed E-state index contributed by atoms with van der Waals surface area (Å²) in [6, 6.07) is 5.74. The topological polar surface area (TPSA) is 51.2 Å². The first kappa shape index (κ1) is 13.8. The van der Waals surface area contributed by atoms with Gasteiger partial charge in [-0.15, -0.1) is 11.3 Å². The maximum atomic E-state index is 12.6. The van der Waals surface area contributed by atoms with Crippen molar-refractivity contribution in [2.45, 2.75) is 38.6 Å². The van der Waals surface area contributed by atoms with Crippen LogP contribution in [-0.4, -0.2) is 17.5 Å². The lowest BCUT2D eigenvalue weighted by Crippen LogP contribution is -2.31. The van der Waals surface area contributed by atoms with Gasteiger partial charge in [0.25, 0.3) is 5.91 Å². The van der Waals surface area contributed by atoms with Crippen LogP contribution in [0.2, 0.25) is 0 Å². The van der Waals surface area contributed by atoms with Crippen molar-refractivity contribution in [1.82, 2.24) is 10.3 Å². The van der Waals surface area contributed by atoms with E-state index >= 15 is 0 Å². The van der Waals surface area contributed by atoms with Crippen molar-refractivity contribution in [2.24, 2.45) is 0 Å². The van der Waals surface area contributed by atoms with Crippen LogP contribution < -0.4 is 10.1 Å². The quantitative estimate of drug-likeness (QED) is 0.926. The lowest BCUT2D eigenvalue weighted by Gasteiger charge is -2.22. The molecule has 4 nitrogen and oxygen atoms in total. The largest absolute Gasteiger partial charge is 0.493 e. The van der Waals surface area contributed by atoms with Gasteiger partial charge in [0.1, 0.15) is 5.75 Å². The third-order valence-corrected chi connectivity index (χ3v) is 5.36.